The fourth-order valence-corrected chi connectivity index (χ4v) is 1.13. The molecule has 0 saturated heterocycles. The fraction of sp³-hybridized carbons (Fsp3) is 0.273. The maximum absolute atomic E-state index is 5.88. The molecule has 2 heteroatoms. The van der Waals surface area contributed by atoms with E-state index >= 15 is 0 Å². The lowest BCUT2D eigenvalue weighted by Crippen LogP contribution is -2.08. The third-order valence-corrected chi connectivity index (χ3v) is 1.93. The van der Waals surface area contributed by atoms with Crippen molar-refractivity contribution in [3.63, 3.8) is 0 Å². The summed E-state index contributed by atoms with van der Waals surface area (Å²) in [6, 6.07) is 8.41. The highest BCUT2D eigenvalue weighted by atomic mass is 35.5. The van der Waals surface area contributed by atoms with Gasteiger partial charge in [-0.15, -0.1) is 19.0 Å². The van der Waals surface area contributed by atoms with Gasteiger partial charge in [-0.1, -0.05) is 35.9 Å². The molecule has 0 fully saturated rings. The molecule has 0 amide bonds. The van der Waals surface area contributed by atoms with Crippen LogP contribution in [0.2, 0.25) is 0 Å². The van der Waals surface area contributed by atoms with Crippen molar-refractivity contribution in [1.29, 1.82) is 0 Å². The lowest BCUT2D eigenvalue weighted by molar-refractivity contribution is 0.741. The molecular weight excluding hydrogens is 182 g/mol. The first-order chi connectivity index (χ1) is 5.74. The van der Waals surface area contributed by atoms with Gasteiger partial charge in [-0.3, -0.25) is 0 Å². The van der Waals surface area contributed by atoms with Crippen LogP contribution in [0.15, 0.2) is 36.9 Å². The summed E-state index contributed by atoms with van der Waals surface area (Å²) in [5.74, 6) is 0. The average molecular weight is 198 g/mol. The minimum absolute atomic E-state index is 0. The van der Waals surface area contributed by atoms with E-state index in [9.17, 15) is 0 Å². The summed E-state index contributed by atoms with van der Waals surface area (Å²) < 4.78 is 0. The average Bonchev–Trinajstić information content (AvgIpc) is 2.06. The van der Waals surface area contributed by atoms with E-state index in [1.807, 2.05) is 6.08 Å². The van der Waals surface area contributed by atoms with Crippen LogP contribution in [0.5, 0.6) is 0 Å². The molecule has 0 bridgehead atoms. The Kier molecular flexibility index (Phi) is 5.44. The monoisotopic (exact) mass is 197 g/mol. The third-order valence-electron chi connectivity index (χ3n) is 1.93. The van der Waals surface area contributed by atoms with E-state index in [1.54, 1.807) is 0 Å². The number of hydrogen-bond acceptors (Lipinski definition) is 1. The summed E-state index contributed by atoms with van der Waals surface area (Å²) in [6.45, 7) is 5.74. The second kappa shape index (κ2) is 5.79. The van der Waals surface area contributed by atoms with Crippen molar-refractivity contribution in [2.75, 3.05) is 0 Å². The van der Waals surface area contributed by atoms with Crippen LogP contribution in [0.3, 0.4) is 0 Å². The van der Waals surface area contributed by atoms with Crippen molar-refractivity contribution in [3.8, 4) is 0 Å². The van der Waals surface area contributed by atoms with Gasteiger partial charge in [-0.25, -0.2) is 0 Å². The SMILES string of the molecule is C=CC[C@H](N)c1ccc(C)cc1.Cl. The molecule has 72 valence electrons. The Bertz CT molecular complexity index is 253. The molecule has 0 saturated carbocycles. The largest absolute Gasteiger partial charge is 0.324 e. The van der Waals surface area contributed by atoms with E-state index in [4.69, 9.17) is 5.73 Å². The lowest BCUT2D eigenvalue weighted by Gasteiger charge is -2.08. The Morgan fingerprint density at radius 2 is 1.92 bits per heavy atom. The zero-order valence-electron chi connectivity index (χ0n) is 7.86. The quantitative estimate of drug-likeness (QED) is 0.741. The Morgan fingerprint density at radius 1 is 1.38 bits per heavy atom. The Hall–Kier alpha value is -0.790. The molecule has 2 N–H and O–H groups in total. The van der Waals surface area contributed by atoms with Crippen LogP contribution in [0.4, 0.5) is 0 Å². The maximum Gasteiger partial charge on any atom is 0.0329 e. The highest BCUT2D eigenvalue weighted by molar-refractivity contribution is 5.85. The van der Waals surface area contributed by atoms with Gasteiger partial charge >= 0.3 is 0 Å². The standard InChI is InChI=1S/C11H15N.ClH/c1-3-4-11(12)10-7-5-9(2)6-8-10;/h3,5-8,11H,1,4,12H2,2H3;1H/t11-;/m0./s1. The van der Waals surface area contributed by atoms with Gasteiger partial charge in [0.25, 0.3) is 0 Å². The van der Waals surface area contributed by atoms with E-state index in [1.165, 1.54) is 11.1 Å². The van der Waals surface area contributed by atoms with Crippen LogP contribution in [-0.2, 0) is 0 Å². The van der Waals surface area contributed by atoms with Gasteiger partial charge in [0.15, 0.2) is 0 Å². The summed E-state index contributed by atoms with van der Waals surface area (Å²) in [5, 5.41) is 0. The van der Waals surface area contributed by atoms with Crippen LogP contribution < -0.4 is 5.73 Å². The minimum Gasteiger partial charge on any atom is -0.324 e. The van der Waals surface area contributed by atoms with Crippen molar-refractivity contribution < 1.29 is 0 Å². The molecule has 1 rings (SSSR count). The molecule has 0 aliphatic rings. The molecule has 13 heavy (non-hydrogen) atoms. The molecule has 0 spiro atoms. The number of halogens is 1. The van der Waals surface area contributed by atoms with E-state index in [-0.39, 0.29) is 18.4 Å². The van der Waals surface area contributed by atoms with Crippen molar-refractivity contribution in [2.24, 2.45) is 5.73 Å². The Balaban J connectivity index is 0.00000144. The van der Waals surface area contributed by atoms with E-state index in [2.05, 4.69) is 37.8 Å². The normalized spacial score (nSPS) is 11.5. The predicted octanol–water partition coefficient (Wildman–Crippen LogP) is 2.99. The number of nitrogens with two attached hydrogens (primary N) is 1. The van der Waals surface area contributed by atoms with Crippen molar-refractivity contribution in [2.45, 2.75) is 19.4 Å². The molecule has 0 unspecified atom stereocenters. The Morgan fingerprint density at radius 3 is 2.38 bits per heavy atom. The highest BCUT2D eigenvalue weighted by Crippen LogP contribution is 2.14. The van der Waals surface area contributed by atoms with Crippen molar-refractivity contribution >= 4 is 12.4 Å². The molecule has 0 aliphatic carbocycles. The highest BCUT2D eigenvalue weighted by Gasteiger charge is 2.01. The zero-order valence-corrected chi connectivity index (χ0v) is 8.68. The molecule has 0 radical (unpaired) electrons. The van der Waals surface area contributed by atoms with Gasteiger partial charge in [-0.05, 0) is 18.9 Å². The van der Waals surface area contributed by atoms with Crippen LogP contribution >= 0.6 is 12.4 Å². The molecule has 1 atom stereocenters. The second-order valence-corrected chi connectivity index (χ2v) is 3.04. The first-order valence-corrected chi connectivity index (χ1v) is 4.17. The predicted molar refractivity (Wildman–Crippen MR) is 60.2 cm³/mol. The van der Waals surface area contributed by atoms with Gasteiger partial charge in [0.05, 0.1) is 0 Å². The maximum atomic E-state index is 5.88. The van der Waals surface area contributed by atoms with Gasteiger partial charge < -0.3 is 5.73 Å². The van der Waals surface area contributed by atoms with Crippen molar-refractivity contribution in [3.05, 3.63) is 48.0 Å². The molecule has 1 aromatic rings. The molecule has 1 aromatic carbocycles. The first-order valence-electron chi connectivity index (χ1n) is 4.17. The number of benzene rings is 1. The third kappa shape index (κ3) is 3.62. The number of hydrogen-bond donors (Lipinski definition) is 1. The number of rotatable bonds is 3. The molecule has 0 aliphatic heterocycles. The van der Waals surface area contributed by atoms with E-state index in [0.29, 0.717) is 0 Å². The van der Waals surface area contributed by atoms with Crippen LogP contribution in [-0.4, -0.2) is 0 Å². The second-order valence-electron chi connectivity index (χ2n) is 3.04. The van der Waals surface area contributed by atoms with E-state index in [0.717, 1.165) is 6.42 Å². The van der Waals surface area contributed by atoms with Crippen LogP contribution in [0.25, 0.3) is 0 Å². The summed E-state index contributed by atoms with van der Waals surface area (Å²) in [7, 11) is 0. The molecule has 1 nitrogen and oxygen atoms in total. The smallest absolute Gasteiger partial charge is 0.0329 e. The molecule has 0 heterocycles. The van der Waals surface area contributed by atoms with Crippen LogP contribution in [0, 0.1) is 6.92 Å². The summed E-state index contributed by atoms with van der Waals surface area (Å²) >= 11 is 0. The minimum atomic E-state index is 0. The zero-order chi connectivity index (χ0) is 8.97. The van der Waals surface area contributed by atoms with E-state index < -0.39 is 0 Å². The summed E-state index contributed by atoms with van der Waals surface area (Å²) in [4.78, 5) is 0. The van der Waals surface area contributed by atoms with Crippen LogP contribution in [0.1, 0.15) is 23.6 Å². The fourth-order valence-electron chi connectivity index (χ4n) is 1.13. The summed E-state index contributed by atoms with van der Waals surface area (Å²) in [6.07, 6.45) is 2.69. The summed E-state index contributed by atoms with van der Waals surface area (Å²) in [5.41, 5.74) is 8.33. The van der Waals surface area contributed by atoms with Gasteiger partial charge in [-0.2, -0.15) is 0 Å². The van der Waals surface area contributed by atoms with Crippen molar-refractivity contribution in [1.82, 2.24) is 0 Å². The molecular formula is C11H16ClN. The van der Waals surface area contributed by atoms with Gasteiger partial charge in [0.1, 0.15) is 0 Å². The lowest BCUT2D eigenvalue weighted by atomic mass is 10.0. The topological polar surface area (TPSA) is 26.0 Å². The Labute approximate surface area is 86.1 Å². The first kappa shape index (κ1) is 12.2. The van der Waals surface area contributed by atoms with Gasteiger partial charge in [0.2, 0.25) is 0 Å². The van der Waals surface area contributed by atoms with Gasteiger partial charge in [0, 0.05) is 6.04 Å². The number of aryl methyl sites for hydroxylation is 1. The molecule has 0 aromatic heterocycles.